The van der Waals surface area contributed by atoms with Crippen molar-refractivity contribution in [3.63, 3.8) is 0 Å². The largest absolute Gasteiger partial charge is 0.489 e. The van der Waals surface area contributed by atoms with Crippen LogP contribution < -0.4 is 4.74 Å². The minimum Gasteiger partial charge on any atom is -0.489 e. The average molecular weight is 371 g/mol. The van der Waals surface area contributed by atoms with Crippen LogP contribution >= 0.6 is 11.3 Å². The minimum absolute atomic E-state index is 0.298. The highest BCUT2D eigenvalue weighted by Crippen LogP contribution is 2.23. The van der Waals surface area contributed by atoms with E-state index in [2.05, 4.69) is 28.0 Å². The summed E-state index contributed by atoms with van der Waals surface area (Å²) in [6.45, 7) is 6.31. The quantitative estimate of drug-likeness (QED) is 0.662. The highest BCUT2D eigenvalue weighted by Gasteiger charge is 2.18. The third kappa shape index (κ3) is 4.20. The maximum Gasteiger partial charge on any atom is 0.165 e. The van der Waals surface area contributed by atoms with Gasteiger partial charge < -0.3 is 4.74 Å². The molecule has 0 bridgehead atoms. The Balaban J connectivity index is 1.22. The number of nitrogens with zero attached hydrogens (tertiary/aromatic N) is 3. The summed E-state index contributed by atoms with van der Waals surface area (Å²) in [4.78, 5) is 9.55. The van der Waals surface area contributed by atoms with Gasteiger partial charge in [-0.25, -0.2) is 9.37 Å². The van der Waals surface area contributed by atoms with Gasteiger partial charge in [-0.05, 0) is 24.3 Å². The van der Waals surface area contributed by atoms with Crippen molar-refractivity contribution >= 4 is 21.6 Å². The molecule has 0 unspecified atom stereocenters. The summed E-state index contributed by atoms with van der Waals surface area (Å²) in [7, 11) is 0. The minimum atomic E-state index is -0.298. The number of ether oxygens (including phenoxy) is 1. The number of hydrogen-bond donors (Lipinski definition) is 0. The number of halogens is 1. The normalized spacial score (nSPS) is 16.2. The third-order valence-corrected chi connectivity index (χ3v) is 5.68. The van der Waals surface area contributed by atoms with Crippen LogP contribution in [0.4, 0.5) is 4.39 Å². The lowest BCUT2D eigenvalue weighted by Crippen LogP contribution is -2.47. The van der Waals surface area contributed by atoms with E-state index in [0.717, 1.165) is 44.8 Å². The second kappa shape index (κ2) is 8.12. The molecule has 0 atom stereocenters. The maximum atomic E-state index is 13.5. The van der Waals surface area contributed by atoms with Crippen molar-refractivity contribution in [2.75, 3.05) is 39.3 Å². The van der Waals surface area contributed by atoms with E-state index in [4.69, 9.17) is 9.72 Å². The van der Waals surface area contributed by atoms with Gasteiger partial charge in [0.2, 0.25) is 0 Å². The predicted octanol–water partition coefficient (Wildman–Crippen LogP) is 3.63. The highest BCUT2D eigenvalue weighted by molar-refractivity contribution is 7.18. The molecule has 1 saturated heterocycles. The third-order valence-electron chi connectivity index (χ3n) is 4.66. The number of hydrogen-bond acceptors (Lipinski definition) is 5. The SMILES string of the molecule is Fc1ccccc1OCCN1CCN(Cc2nc3ccccc3s2)CC1. The van der Waals surface area contributed by atoms with Gasteiger partial charge in [0.1, 0.15) is 11.6 Å². The van der Waals surface area contributed by atoms with Gasteiger partial charge in [-0.15, -0.1) is 11.3 Å². The summed E-state index contributed by atoms with van der Waals surface area (Å²) in [5, 5.41) is 1.18. The molecule has 0 N–H and O–H groups in total. The number of rotatable bonds is 6. The molecule has 6 heteroatoms. The Hall–Kier alpha value is -2.02. The first-order chi connectivity index (χ1) is 12.8. The van der Waals surface area contributed by atoms with Crippen LogP contribution in [0, 0.1) is 5.82 Å². The van der Waals surface area contributed by atoms with Gasteiger partial charge in [-0.3, -0.25) is 9.80 Å². The molecule has 4 rings (SSSR count). The van der Waals surface area contributed by atoms with Crippen molar-refractivity contribution in [3.8, 4) is 5.75 Å². The Morgan fingerprint density at radius 1 is 0.962 bits per heavy atom. The molecule has 2 heterocycles. The first kappa shape index (κ1) is 17.4. The van der Waals surface area contributed by atoms with E-state index < -0.39 is 0 Å². The van der Waals surface area contributed by atoms with E-state index in [9.17, 15) is 4.39 Å². The van der Waals surface area contributed by atoms with E-state index in [1.807, 2.05) is 6.07 Å². The predicted molar refractivity (Wildman–Crippen MR) is 103 cm³/mol. The summed E-state index contributed by atoms with van der Waals surface area (Å²) in [5.41, 5.74) is 1.09. The Labute approximate surface area is 156 Å². The number of thiazole rings is 1. The van der Waals surface area contributed by atoms with Crippen molar-refractivity contribution in [1.29, 1.82) is 0 Å². The lowest BCUT2D eigenvalue weighted by atomic mass is 10.3. The van der Waals surface area contributed by atoms with Gasteiger partial charge >= 0.3 is 0 Å². The molecule has 0 spiro atoms. The van der Waals surface area contributed by atoms with Crippen molar-refractivity contribution in [2.24, 2.45) is 0 Å². The average Bonchev–Trinajstić information content (AvgIpc) is 3.07. The van der Waals surface area contributed by atoms with Crippen molar-refractivity contribution in [3.05, 3.63) is 59.4 Å². The molecular weight excluding hydrogens is 349 g/mol. The van der Waals surface area contributed by atoms with E-state index >= 15 is 0 Å². The number of para-hydroxylation sites is 2. The van der Waals surface area contributed by atoms with Crippen LogP contribution in [0.15, 0.2) is 48.5 Å². The van der Waals surface area contributed by atoms with Gasteiger partial charge in [0, 0.05) is 32.7 Å². The van der Waals surface area contributed by atoms with E-state index in [1.54, 1.807) is 29.5 Å². The first-order valence-corrected chi connectivity index (χ1v) is 9.76. The second-order valence-electron chi connectivity index (χ2n) is 6.47. The molecule has 1 fully saturated rings. The molecule has 4 nitrogen and oxygen atoms in total. The smallest absolute Gasteiger partial charge is 0.165 e. The standard InChI is InChI=1S/C20H22FN3OS/c21-16-5-1-3-7-18(16)25-14-13-23-9-11-24(12-10-23)15-20-22-17-6-2-4-8-19(17)26-20/h1-8H,9-15H2. The van der Waals surface area contributed by atoms with Gasteiger partial charge in [0.15, 0.2) is 11.6 Å². The summed E-state index contributed by atoms with van der Waals surface area (Å²) in [6, 6.07) is 14.9. The second-order valence-corrected chi connectivity index (χ2v) is 7.59. The fourth-order valence-electron chi connectivity index (χ4n) is 3.20. The lowest BCUT2D eigenvalue weighted by molar-refractivity contribution is 0.112. The van der Waals surface area contributed by atoms with Crippen LogP contribution in [0.3, 0.4) is 0 Å². The van der Waals surface area contributed by atoms with Gasteiger partial charge in [-0.1, -0.05) is 24.3 Å². The zero-order valence-corrected chi connectivity index (χ0v) is 15.4. The number of piperazine rings is 1. The van der Waals surface area contributed by atoms with E-state index in [1.165, 1.54) is 15.8 Å². The summed E-state index contributed by atoms with van der Waals surface area (Å²) < 4.78 is 20.4. The molecule has 1 aromatic heterocycles. The van der Waals surface area contributed by atoms with Crippen molar-refractivity contribution in [2.45, 2.75) is 6.54 Å². The van der Waals surface area contributed by atoms with Crippen molar-refractivity contribution < 1.29 is 9.13 Å². The molecule has 0 saturated carbocycles. The maximum absolute atomic E-state index is 13.5. The van der Waals surface area contributed by atoms with Crippen LogP contribution in [0.1, 0.15) is 5.01 Å². The fourth-order valence-corrected chi connectivity index (χ4v) is 4.21. The summed E-state index contributed by atoms with van der Waals surface area (Å²) in [5.74, 6) is 0.0372. The van der Waals surface area contributed by atoms with Crippen LogP contribution in [0.2, 0.25) is 0 Å². The number of aromatic nitrogens is 1. The molecule has 1 aliphatic heterocycles. The first-order valence-electron chi connectivity index (χ1n) is 8.94. The van der Waals surface area contributed by atoms with E-state index in [-0.39, 0.29) is 5.82 Å². The molecular formula is C20H22FN3OS. The molecule has 136 valence electrons. The molecule has 0 radical (unpaired) electrons. The number of benzene rings is 2. The van der Waals surface area contributed by atoms with Crippen LogP contribution in [0.5, 0.6) is 5.75 Å². The zero-order chi connectivity index (χ0) is 17.8. The summed E-state index contributed by atoms with van der Waals surface area (Å²) in [6.07, 6.45) is 0. The fraction of sp³-hybridized carbons (Fsp3) is 0.350. The molecule has 3 aromatic rings. The molecule has 0 amide bonds. The van der Waals surface area contributed by atoms with Crippen molar-refractivity contribution in [1.82, 2.24) is 14.8 Å². The topological polar surface area (TPSA) is 28.6 Å². The zero-order valence-electron chi connectivity index (χ0n) is 14.6. The Kier molecular flexibility index (Phi) is 5.43. The van der Waals surface area contributed by atoms with Gasteiger partial charge in [0.05, 0.1) is 16.8 Å². The Morgan fingerprint density at radius 2 is 1.69 bits per heavy atom. The molecule has 26 heavy (non-hydrogen) atoms. The molecule has 2 aromatic carbocycles. The molecule has 0 aliphatic carbocycles. The molecule has 1 aliphatic rings. The highest BCUT2D eigenvalue weighted by atomic mass is 32.1. The van der Waals surface area contributed by atoms with Gasteiger partial charge in [-0.2, -0.15) is 0 Å². The Morgan fingerprint density at radius 3 is 2.50 bits per heavy atom. The van der Waals surface area contributed by atoms with Crippen LogP contribution in [-0.2, 0) is 6.54 Å². The van der Waals surface area contributed by atoms with E-state index in [0.29, 0.717) is 12.4 Å². The monoisotopic (exact) mass is 371 g/mol. The number of fused-ring (bicyclic) bond motifs is 1. The van der Waals surface area contributed by atoms with Crippen LogP contribution in [-0.4, -0.2) is 54.1 Å². The van der Waals surface area contributed by atoms with Gasteiger partial charge in [0.25, 0.3) is 0 Å². The summed E-state index contributed by atoms with van der Waals surface area (Å²) >= 11 is 1.78. The van der Waals surface area contributed by atoms with Crippen LogP contribution in [0.25, 0.3) is 10.2 Å². The Bertz CT molecular complexity index is 828. The lowest BCUT2D eigenvalue weighted by Gasteiger charge is -2.34.